The molecule has 2 N–H and O–H groups in total. The Morgan fingerprint density at radius 3 is 2.46 bits per heavy atom. The van der Waals surface area contributed by atoms with Gasteiger partial charge in [0, 0.05) is 19.1 Å². The van der Waals surface area contributed by atoms with Gasteiger partial charge in [0.15, 0.2) is 0 Å². The van der Waals surface area contributed by atoms with E-state index in [0.29, 0.717) is 13.0 Å². The molecule has 1 fully saturated rings. The van der Waals surface area contributed by atoms with Gasteiger partial charge in [-0.1, -0.05) is 54.6 Å². The van der Waals surface area contributed by atoms with Crippen molar-refractivity contribution in [2.24, 2.45) is 0 Å². The molecule has 0 amide bonds. The first kappa shape index (κ1) is 17.1. The summed E-state index contributed by atoms with van der Waals surface area (Å²) in [5, 5.41) is 19.7. The Labute approximate surface area is 143 Å². The van der Waals surface area contributed by atoms with Gasteiger partial charge in [0.05, 0.1) is 25.9 Å². The highest BCUT2D eigenvalue weighted by atomic mass is 16.5. The topological polar surface area (TPSA) is 52.9 Å². The number of ether oxygens (including phenoxy) is 1. The highest BCUT2D eigenvalue weighted by Gasteiger charge is 2.26. The largest absolute Gasteiger partial charge is 0.392 e. The van der Waals surface area contributed by atoms with Gasteiger partial charge in [0.2, 0.25) is 0 Å². The molecule has 2 aromatic rings. The van der Waals surface area contributed by atoms with Crippen LogP contribution in [-0.2, 0) is 17.9 Å². The van der Waals surface area contributed by atoms with Crippen LogP contribution in [-0.4, -0.2) is 40.9 Å². The average molecular weight is 327 g/mol. The normalized spacial score (nSPS) is 20.0. The molecule has 0 spiro atoms. The lowest BCUT2D eigenvalue weighted by Gasteiger charge is -2.36. The van der Waals surface area contributed by atoms with E-state index in [1.165, 1.54) is 5.56 Å². The van der Waals surface area contributed by atoms with Gasteiger partial charge in [0.25, 0.3) is 0 Å². The summed E-state index contributed by atoms with van der Waals surface area (Å²) in [7, 11) is 0. The third kappa shape index (κ3) is 4.42. The van der Waals surface area contributed by atoms with Crippen molar-refractivity contribution in [1.29, 1.82) is 0 Å². The zero-order valence-electron chi connectivity index (χ0n) is 13.8. The first-order valence-electron chi connectivity index (χ1n) is 8.50. The fraction of sp³-hybridized carbons (Fsp3) is 0.400. The fourth-order valence-electron chi connectivity index (χ4n) is 3.17. The molecule has 0 radical (unpaired) electrons. The zero-order chi connectivity index (χ0) is 16.8. The first-order valence-corrected chi connectivity index (χ1v) is 8.50. The van der Waals surface area contributed by atoms with E-state index in [0.717, 1.165) is 30.8 Å². The molecule has 24 heavy (non-hydrogen) atoms. The van der Waals surface area contributed by atoms with Crippen LogP contribution in [0.25, 0.3) is 0 Å². The van der Waals surface area contributed by atoms with Crippen molar-refractivity contribution in [2.75, 3.05) is 19.8 Å². The van der Waals surface area contributed by atoms with Gasteiger partial charge in [-0.3, -0.25) is 4.90 Å². The van der Waals surface area contributed by atoms with Crippen LogP contribution < -0.4 is 0 Å². The Morgan fingerprint density at radius 1 is 1.04 bits per heavy atom. The van der Waals surface area contributed by atoms with E-state index in [1.807, 2.05) is 42.5 Å². The molecular formula is C20H25NO3. The molecule has 128 valence electrons. The molecule has 0 aliphatic carbocycles. The van der Waals surface area contributed by atoms with Gasteiger partial charge in [-0.15, -0.1) is 0 Å². The molecule has 1 saturated heterocycles. The van der Waals surface area contributed by atoms with Crippen molar-refractivity contribution in [2.45, 2.75) is 31.7 Å². The second kappa shape index (κ2) is 8.40. The molecule has 3 rings (SSSR count). The number of hydrogen-bond donors (Lipinski definition) is 2. The van der Waals surface area contributed by atoms with E-state index in [4.69, 9.17) is 9.84 Å². The highest BCUT2D eigenvalue weighted by molar-refractivity contribution is 5.22. The summed E-state index contributed by atoms with van der Waals surface area (Å²) in [5.74, 6) is 0. The van der Waals surface area contributed by atoms with Crippen molar-refractivity contribution >= 4 is 0 Å². The van der Waals surface area contributed by atoms with E-state index in [9.17, 15) is 5.11 Å². The van der Waals surface area contributed by atoms with Crippen LogP contribution in [0.1, 0.15) is 29.2 Å². The highest BCUT2D eigenvalue weighted by Crippen LogP contribution is 2.23. The lowest BCUT2D eigenvalue weighted by Crippen LogP contribution is -2.45. The van der Waals surface area contributed by atoms with Gasteiger partial charge < -0.3 is 14.9 Å². The maximum atomic E-state index is 10.5. The summed E-state index contributed by atoms with van der Waals surface area (Å²) in [6.45, 7) is 3.16. The van der Waals surface area contributed by atoms with E-state index in [-0.39, 0.29) is 12.6 Å². The number of hydrogen-bond acceptors (Lipinski definition) is 4. The van der Waals surface area contributed by atoms with Gasteiger partial charge in [0.1, 0.15) is 0 Å². The minimum absolute atomic E-state index is 0.0731. The maximum Gasteiger partial charge on any atom is 0.0805 e. The molecule has 4 heteroatoms. The minimum atomic E-state index is -0.475. The second-order valence-electron chi connectivity index (χ2n) is 6.34. The monoisotopic (exact) mass is 327 g/mol. The van der Waals surface area contributed by atoms with E-state index in [1.54, 1.807) is 0 Å². The zero-order valence-corrected chi connectivity index (χ0v) is 13.8. The van der Waals surface area contributed by atoms with Crippen molar-refractivity contribution in [1.82, 2.24) is 4.90 Å². The molecule has 2 aromatic carbocycles. The lowest BCUT2D eigenvalue weighted by atomic mass is 10.00. The van der Waals surface area contributed by atoms with E-state index < -0.39 is 6.10 Å². The average Bonchev–Trinajstić information content (AvgIpc) is 2.64. The van der Waals surface area contributed by atoms with Gasteiger partial charge in [-0.05, 0) is 23.1 Å². The number of morpholine rings is 1. The molecule has 1 heterocycles. The van der Waals surface area contributed by atoms with Crippen LogP contribution in [0.2, 0.25) is 0 Å². The van der Waals surface area contributed by atoms with Crippen LogP contribution in [0.3, 0.4) is 0 Å². The molecule has 0 saturated carbocycles. The maximum absolute atomic E-state index is 10.5. The smallest absolute Gasteiger partial charge is 0.0805 e. The van der Waals surface area contributed by atoms with Crippen molar-refractivity contribution in [3.8, 4) is 0 Å². The number of benzene rings is 2. The van der Waals surface area contributed by atoms with Crippen LogP contribution in [0.5, 0.6) is 0 Å². The Hall–Kier alpha value is -1.72. The van der Waals surface area contributed by atoms with Gasteiger partial charge in [-0.25, -0.2) is 0 Å². The summed E-state index contributed by atoms with van der Waals surface area (Å²) in [6, 6.07) is 18.0. The third-order valence-corrected chi connectivity index (χ3v) is 4.62. The summed E-state index contributed by atoms with van der Waals surface area (Å²) >= 11 is 0. The molecule has 1 aliphatic heterocycles. The summed E-state index contributed by atoms with van der Waals surface area (Å²) in [4.78, 5) is 2.38. The Balaban J connectivity index is 1.64. The Kier molecular flexibility index (Phi) is 5.99. The second-order valence-corrected chi connectivity index (χ2v) is 6.34. The van der Waals surface area contributed by atoms with Crippen molar-refractivity contribution < 1.29 is 14.9 Å². The van der Waals surface area contributed by atoms with Crippen LogP contribution in [0, 0.1) is 0 Å². The SMILES string of the molecule is OCc1ccc(CN2CCOC[C@@H]2C[C@@H](O)c2ccccc2)cc1. The van der Waals surface area contributed by atoms with Crippen LogP contribution in [0.4, 0.5) is 0 Å². The fourth-order valence-corrected chi connectivity index (χ4v) is 3.17. The quantitative estimate of drug-likeness (QED) is 0.856. The van der Waals surface area contributed by atoms with Crippen molar-refractivity contribution in [3.63, 3.8) is 0 Å². The third-order valence-electron chi connectivity index (χ3n) is 4.62. The van der Waals surface area contributed by atoms with Crippen LogP contribution >= 0.6 is 0 Å². The van der Waals surface area contributed by atoms with Crippen molar-refractivity contribution in [3.05, 3.63) is 71.3 Å². The predicted octanol–water partition coefficient (Wildman–Crippen LogP) is 2.50. The molecule has 4 nitrogen and oxygen atoms in total. The summed E-state index contributed by atoms with van der Waals surface area (Å²) in [6.07, 6.45) is 0.191. The molecule has 0 aromatic heterocycles. The lowest BCUT2D eigenvalue weighted by molar-refractivity contribution is -0.0300. The number of nitrogens with zero attached hydrogens (tertiary/aromatic N) is 1. The molecule has 0 bridgehead atoms. The molecular weight excluding hydrogens is 302 g/mol. The molecule has 0 unspecified atom stereocenters. The first-order chi connectivity index (χ1) is 11.8. The Bertz CT molecular complexity index is 615. The molecule has 1 aliphatic rings. The minimum Gasteiger partial charge on any atom is -0.392 e. The number of aliphatic hydroxyl groups is 2. The number of aliphatic hydroxyl groups excluding tert-OH is 2. The van der Waals surface area contributed by atoms with E-state index >= 15 is 0 Å². The van der Waals surface area contributed by atoms with Crippen LogP contribution in [0.15, 0.2) is 54.6 Å². The Morgan fingerprint density at radius 2 is 1.75 bits per heavy atom. The summed E-state index contributed by atoms with van der Waals surface area (Å²) < 4.78 is 5.64. The van der Waals surface area contributed by atoms with Gasteiger partial charge >= 0.3 is 0 Å². The van der Waals surface area contributed by atoms with Gasteiger partial charge in [-0.2, -0.15) is 0 Å². The van der Waals surface area contributed by atoms with E-state index in [2.05, 4.69) is 17.0 Å². The predicted molar refractivity (Wildman–Crippen MR) is 93.4 cm³/mol. The summed E-state index contributed by atoms with van der Waals surface area (Å²) in [5.41, 5.74) is 3.10. The standard InChI is InChI=1S/C20H25NO3/c22-14-17-8-6-16(7-9-17)13-21-10-11-24-15-19(21)12-20(23)18-4-2-1-3-5-18/h1-9,19-20,22-23H,10-15H2/t19-,20+/m0/s1. The number of rotatable bonds is 6. The molecule has 2 atom stereocenters.